The van der Waals surface area contributed by atoms with E-state index >= 15 is 0 Å². The van der Waals surface area contributed by atoms with E-state index < -0.39 is 0 Å². The zero-order chi connectivity index (χ0) is 13.8. The van der Waals surface area contributed by atoms with Gasteiger partial charge in [-0.1, -0.05) is 42.5 Å². The highest BCUT2D eigenvalue weighted by Crippen LogP contribution is 2.46. The van der Waals surface area contributed by atoms with Gasteiger partial charge in [0.05, 0.1) is 16.6 Å². The highest BCUT2D eigenvalue weighted by atomic mass is 16.5. The van der Waals surface area contributed by atoms with Gasteiger partial charge < -0.3 is 4.74 Å². The van der Waals surface area contributed by atoms with Gasteiger partial charge in [0.15, 0.2) is 0 Å². The molecule has 1 aromatic heterocycles. The number of nitrogens with zero attached hydrogens (tertiary/aromatic N) is 1. The molecule has 0 fully saturated rings. The number of aromatic nitrogens is 1. The Morgan fingerprint density at radius 2 is 1.43 bits per heavy atom. The van der Waals surface area contributed by atoms with Crippen molar-refractivity contribution in [1.82, 2.24) is 4.98 Å². The van der Waals surface area contributed by atoms with E-state index in [4.69, 9.17) is 9.72 Å². The molecule has 0 radical (unpaired) electrons. The molecule has 0 saturated heterocycles. The summed E-state index contributed by atoms with van der Waals surface area (Å²) in [5, 5.41) is 3.47. The van der Waals surface area contributed by atoms with Crippen LogP contribution in [0.2, 0.25) is 0 Å². The number of para-hydroxylation sites is 2. The molecular formula is C19H11NO. The number of pyridine rings is 1. The monoisotopic (exact) mass is 269 g/mol. The molecule has 0 bridgehead atoms. The molecule has 1 aliphatic rings. The molecule has 1 aliphatic heterocycles. The van der Waals surface area contributed by atoms with Crippen LogP contribution in [0.25, 0.3) is 32.9 Å². The molecule has 0 aliphatic carbocycles. The average Bonchev–Trinajstić information content (AvgIpc) is 2.55. The molecule has 98 valence electrons. The topological polar surface area (TPSA) is 22.1 Å². The van der Waals surface area contributed by atoms with Crippen LogP contribution < -0.4 is 4.74 Å². The number of hydrogen-bond donors (Lipinski definition) is 0. The fourth-order valence-electron chi connectivity index (χ4n) is 3.12. The number of ether oxygens (including phenoxy) is 1. The molecule has 2 nitrogen and oxygen atoms in total. The Morgan fingerprint density at radius 3 is 2.43 bits per heavy atom. The van der Waals surface area contributed by atoms with Crippen molar-refractivity contribution in [2.24, 2.45) is 0 Å². The summed E-state index contributed by atoms with van der Waals surface area (Å²) in [4.78, 5) is 4.90. The van der Waals surface area contributed by atoms with Crippen molar-refractivity contribution >= 4 is 21.7 Å². The van der Waals surface area contributed by atoms with Crippen molar-refractivity contribution in [2.45, 2.75) is 0 Å². The van der Waals surface area contributed by atoms with Crippen molar-refractivity contribution in [3.05, 3.63) is 66.7 Å². The van der Waals surface area contributed by atoms with Crippen LogP contribution in [0, 0.1) is 0 Å². The third-order valence-corrected chi connectivity index (χ3v) is 4.05. The first-order valence-electron chi connectivity index (χ1n) is 7.00. The molecule has 3 aromatic carbocycles. The van der Waals surface area contributed by atoms with E-state index in [-0.39, 0.29) is 0 Å². The van der Waals surface area contributed by atoms with Crippen LogP contribution in [0.5, 0.6) is 11.5 Å². The predicted octanol–water partition coefficient (Wildman–Crippen LogP) is 5.16. The Morgan fingerprint density at radius 1 is 0.667 bits per heavy atom. The highest BCUT2D eigenvalue weighted by Gasteiger charge is 2.21. The number of benzene rings is 3. The third-order valence-electron chi connectivity index (χ3n) is 4.05. The summed E-state index contributed by atoms with van der Waals surface area (Å²) < 4.78 is 6.06. The van der Waals surface area contributed by atoms with E-state index in [0.717, 1.165) is 33.7 Å². The van der Waals surface area contributed by atoms with Crippen LogP contribution in [-0.4, -0.2) is 4.98 Å². The Kier molecular flexibility index (Phi) is 1.98. The van der Waals surface area contributed by atoms with E-state index in [1.54, 1.807) is 0 Å². The average molecular weight is 269 g/mol. The molecular weight excluding hydrogens is 258 g/mol. The molecule has 0 N–H and O–H groups in total. The molecule has 0 spiro atoms. The summed E-state index contributed by atoms with van der Waals surface area (Å²) in [5.74, 6) is 1.76. The van der Waals surface area contributed by atoms with Crippen molar-refractivity contribution in [3.63, 3.8) is 0 Å². The summed E-state index contributed by atoms with van der Waals surface area (Å²) >= 11 is 0. The SMILES string of the molecule is c1ccc2c(c1)Oc1cccc3c1c-2nc1ccccc13. The Hall–Kier alpha value is -2.87. The summed E-state index contributed by atoms with van der Waals surface area (Å²) in [6.07, 6.45) is 0. The molecule has 0 amide bonds. The summed E-state index contributed by atoms with van der Waals surface area (Å²) in [5.41, 5.74) is 3.10. The lowest BCUT2D eigenvalue weighted by atomic mass is 9.97. The lowest BCUT2D eigenvalue weighted by Crippen LogP contribution is -1.99. The summed E-state index contributed by atoms with van der Waals surface area (Å²) in [6, 6.07) is 22.5. The first kappa shape index (κ1) is 10.9. The lowest BCUT2D eigenvalue weighted by molar-refractivity contribution is 0.486. The molecule has 5 rings (SSSR count). The van der Waals surface area contributed by atoms with Gasteiger partial charge >= 0.3 is 0 Å². The van der Waals surface area contributed by atoms with E-state index in [2.05, 4.69) is 30.3 Å². The maximum absolute atomic E-state index is 6.06. The standard InChI is InChI=1S/C19H11NO/c1-3-9-15-12(6-1)13-8-5-11-17-18(13)19(20-15)14-7-2-4-10-16(14)21-17/h1-11H. The minimum absolute atomic E-state index is 0.875. The number of fused-ring (bicyclic) bond motifs is 4. The second kappa shape index (κ2) is 3.83. The van der Waals surface area contributed by atoms with Gasteiger partial charge in [-0.05, 0) is 29.7 Å². The van der Waals surface area contributed by atoms with Crippen molar-refractivity contribution < 1.29 is 4.74 Å². The Labute approximate surface area is 121 Å². The largest absolute Gasteiger partial charge is 0.456 e. The van der Waals surface area contributed by atoms with Crippen LogP contribution >= 0.6 is 0 Å². The quantitative estimate of drug-likeness (QED) is 0.362. The number of hydrogen-bond acceptors (Lipinski definition) is 2. The van der Waals surface area contributed by atoms with Crippen LogP contribution in [0.4, 0.5) is 0 Å². The zero-order valence-electron chi connectivity index (χ0n) is 11.2. The van der Waals surface area contributed by atoms with Crippen LogP contribution in [0.3, 0.4) is 0 Å². The van der Waals surface area contributed by atoms with Gasteiger partial charge in [0.2, 0.25) is 0 Å². The van der Waals surface area contributed by atoms with E-state index in [1.165, 1.54) is 10.8 Å². The van der Waals surface area contributed by atoms with E-state index in [1.807, 2.05) is 36.4 Å². The van der Waals surface area contributed by atoms with E-state index in [0.29, 0.717) is 0 Å². The smallest absolute Gasteiger partial charge is 0.137 e. The van der Waals surface area contributed by atoms with Gasteiger partial charge in [-0.15, -0.1) is 0 Å². The summed E-state index contributed by atoms with van der Waals surface area (Å²) in [6.45, 7) is 0. The van der Waals surface area contributed by atoms with Crippen LogP contribution in [-0.2, 0) is 0 Å². The second-order valence-corrected chi connectivity index (χ2v) is 5.25. The highest BCUT2D eigenvalue weighted by molar-refractivity contribution is 6.14. The fraction of sp³-hybridized carbons (Fsp3) is 0. The van der Waals surface area contributed by atoms with Gasteiger partial charge in [0.1, 0.15) is 11.5 Å². The molecule has 21 heavy (non-hydrogen) atoms. The molecule has 2 heteroatoms. The minimum Gasteiger partial charge on any atom is -0.456 e. The van der Waals surface area contributed by atoms with Crippen molar-refractivity contribution in [3.8, 4) is 22.8 Å². The lowest BCUT2D eigenvalue weighted by Gasteiger charge is -2.21. The zero-order valence-corrected chi connectivity index (χ0v) is 11.2. The van der Waals surface area contributed by atoms with Gasteiger partial charge in [-0.3, -0.25) is 0 Å². The van der Waals surface area contributed by atoms with Crippen LogP contribution in [0.1, 0.15) is 0 Å². The van der Waals surface area contributed by atoms with Gasteiger partial charge in [-0.25, -0.2) is 4.98 Å². The van der Waals surface area contributed by atoms with Gasteiger partial charge in [-0.2, -0.15) is 0 Å². The van der Waals surface area contributed by atoms with Gasteiger partial charge in [0, 0.05) is 10.9 Å². The number of rotatable bonds is 0. The molecule has 4 aromatic rings. The second-order valence-electron chi connectivity index (χ2n) is 5.25. The van der Waals surface area contributed by atoms with E-state index in [9.17, 15) is 0 Å². The molecule has 0 saturated carbocycles. The third kappa shape index (κ3) is 1.39. The van der Waals surface area contributed by atoms with Crippen molar-refractivity contribution in [1.29, 1.82) is 0 Å². The first-order chi connectivity index (χ1) is 10.4. The molecule has 2 heterocycles. The first-order valence-corrected chi connectivity index (χ1v) is 7.00. The molecule has 0 unspecified atom stereocenters. The Bertz CT molecular complexity index is 1020. The fourth-order valence-corrected chi connectivity index (χ4v) is 3.12. The van der Waals surface area contributed by atoms with Crippen molar-refractivity contribution in [2.75, 3.05) is 0 Å². The van der Waals surface area contributed by atoms with Gasteiger partial charge in [0.25, 0.3) is 0 Å². The maximum atomic E-state index is 6.06. The maximum Gasteiger partial charge on any atom is 0.137 e. The van der Waals surface area contributed by atoms with Crippen LogP contribution in [0.15, 0.2) is 66.7 Å². The predicted molar refractivity (Wildman–Crippen MR) is 84.8 cm³/mol. The normalized spacial score (nSPS) is 12.2. The Balaban J connectivity index is 2.07. The summed E-state index contributed by atoms with van der Waals surface area (Å²) in [7, 11) is 0. The molecule has 0 atom stereocenters. The minimum atomic E-state index is 0.875.